The van der Waals surface area contributed by atoms with Crippen molar-refractivity contribution in [3.63, 3.8) is 0 Å². The Labute approximate surface area is 384 Å². The summed E-state index contributed by atoms with van der Waals surface area (Å²) in [5.41, 5.74) is 27.6. The summed E-state index contributed by atoms with van der Waals surface area (Å²) < 4.78 is 0. The molecule has 66 heavy (non-hydrogen) atoms. The molecular formula is C42H71N13O11. The summed E-state index contributed by atoms with van der Waals surface area (Å²) in [6.07, 6.45) is 0.385. The van der Waals surface area contributed by atoms with Crippen LogP contribution in [0, 0.1) is 11.8 Å². The first-order chi connectivity index (χ1) is 31.1. The maximum Gasteiger partial charge on any atom is 0.326 e. The number of carbonyl (C=O) groups is 9. The first-order valence-corrected chi connectivity index (χ1v) is 21.8. The molecule has 7 atom stereocenters. The second kappa shape index (κ2) is 30.7. The van der Waals surface area contributed by atoms with Gasteiger partial charge in [-0.05, 0) is 68.9 Å². The molecule has 0 heterocycles. The molecular weight excluding hydrogens is 863 g/mol. The van der Waals surface area contributed by atoms with E-state index in [2.05, 4.69) is 42.2 Å². The number of nitrogens with zero attached hydrogens (tertiary/aromatic N) is 1. The molecule has 1 aromatic rings. The molecule has 8 amide bonds. The Morgan fingerprint density at radius 1 is 0.576 bits per heavy atom. The Hall–Kier alpha value is -6.40. The number of hydrogen-bond donors (Lipinski definition) is 14. The molecule has 0 aliphatic rings. The number of carbonyl (C=O) groups excluding carboxylic acids is 8. The number of amides is 8. The van der Waals surface area contributed by atoms with Crippen molar-refractivity contribution in [1.82, 2.24) is 37.2 Å². The van der Waals surface area contributed by atoms with Crippen LogP contribution in [0.3, 0.4) is 0 Å². The number of aliphatic imine (C=N–C) groups is 1. The summed E-state index contributed by atoms with van der Waals surface area (Å²) in [6, 6.07) is -1.14. The van der Waals surface area contributed by atoms with Crippen LogP contribution in [0.5, 0.6) is 0 Å². The zero-order valence-electron chi connectivity index (χ0n) is 38.2. The van der Waals surface area contributed by atoms with E-state index in [1.807, 2.05) is 0 Å². The second-order valence-electron chi connectivity index (χ2n) is 16.6. The van der Waals surface area contributed by atoms with Gasteiger partial charge in [0.1, 0.15) is 42.3 Å². The van der Waals surface area contributed by atoms with Crippen LogP contribution in [0.1, 0.15) is 84.6 Å². The van der Waals surface area contributed by atoms with E-state index >= 15 is 0 Å². The van der Waals surface area contributed by atoms with Crippen molar-refractivity contribution in [3.8, 4) is 0 Å². The van der Waals surface area contributed by atoms with E-state index in [0.717, 1.165) is 0 Å². The Morgan fingerprint density at radius 2 is 1.03 bits per heavy atom. The standard InChI is InChI=1S/C42H71N13O11/c1-23(2)17-28(53-39(63)31(20-33(45)57)49-34(58)21-44)36(60)52-29(18-24(3)4)37(61)55-32(22-56)40(64)50-26(13-8-9-15-43)35(59)54-30(19-25-11-6-5-7-12-25)38(62)51-27(41(65)66)14-10-16-48-42(46)47/h5-7,11-12,23-24,26-32,56H,8-10,13-22,43-44H2,1-4H3,(H2,45,57)(H,49,58)(H,50,64)(H,51,62)(H,52,60)(H,53,63)(H,54,59)(H,55,61)(H,65,66)(H4,46,47,48)/t26-,27-,28-,29-,30-,31-,32-/m0/s1. The number of rotatable bonds is 32. The van der Waals surface area contributed by atoms with Gasteiger partial charge in [-0.3, -0.25) is 43.3 Å². The number of nitrogens with two attached hydrogens (primary N) is 5. The number of guanidine groups is 1. The van der Waals surface area contributed by atoms with Gasteiger partial charge in [-0.1, -0.05) is 58.0 Å². The van der Waals surface area contributed by atoms with E-state index in [4.69, 9.17) is 28.7 Å². The molecule has 0 unspecified atom stereocenters. The number of primary amides is 1. The van der Waals surface area contributed by atoms with Crippen molar-refractivity contribution in [3.05, 3.63) is 35.9 Å². The highest BCUT2D eigenvalue weighted by atomic mass is 16.4. The third-order valence-corrected chi connectivity index (χ3v) is 9.79. The lowest BCUT2D eigenvalue weighted by molar-refractivity contribution is -0.142. The highest BCUT2D eigenvalue weighted by Gasteiger charge is 2.34. The van der Waals surface area contributed by atoms with Gasteiger partial charge < -0.3 is 76.1 Å². The number of nitrogens with one attached hydrogen (secondary N) is 7. The van der Waals surface area contributed by atoms with Gasteiger partial charge >= 0.3 is 5.97 Å². The summed E-state index contributed by atoms with van der Waals surface area (Å²) in [4.78, 5) is 122. The smallest absolute Gasteiger partial charge is 0.326 e. The lowest BCUT2D eigenvalue weighted by Gasteiger charge is -2.28. The van der Waals surface area contributed by atoms with Gasteiger partial charge in [-0.15, -0.1) is 0 Å². The molecule has 24 nitrogen and oxygen atoms in total. The maximum atomic E-state index is 14.0. The highest BCUT2D eigenvalue weighted by molar-refractivity contribution is 5.98. The molecule has 0 saturated carbocycles. The molecule has 0 spiro atoms. The van der Waals surface area contributed by atoms with Crippen LogP contribution in [0.4, 0.5) is 0 Å². The molecule has 24 heteroatoms. The average molecular weight is 934 g/mol. The van der Waals surface area contributed by atoms with E-state index in [0.29, 0.717) is 18.4 Å². The SMILES string of the molecule is CC(C)C[C@H](NC(=O)[C@H](CC(N)=O)NC(=O)CN)C(=O)N[C@@H](CC(C)C)C(=O)N[C@@H](CO)C(=O)N[C@@H](CCCCN)C(=O)N[C@@H](Cc1ccccc1)C(=O)N[C@@H](CCCN=C(N)N)C(=O)O. The van der Waals surface area contributed by atoms with Crippen molar-refractivity contribution < 1.29 is 53.4 Å². The van der Waals surface area contributed by atoms with Gasteiger partial charge in [0.05, 0.1) is 19.6 Å². The van der Waals surface area contributed by atoms with Crippen molar-refractivity contribution >= 4 is 59.2 Å². The van der Waals surface area contributed by atoms with Gasteiger partial charge in [-0.25, -0.2) is 4.79 Å². The number of aliphatic hydroxyl groups is 1. The van der Waals surface area contributed by atoms with Gasteiger partial charge in [0.15, 0.2) is 5.96 Å². The topological polar surface area (TPSA) is 421 Å². The molecule has 0 bridgehead atoms. The predicted octanol–water partition coefficient (Wildman–Crippen LogP) is -4.19. The number of unbranched alkanes of at least 4 members (excludes halogenated alkanes) is 1. The molecule has 1 aromatic carbocycles. The highest BCUT2D eigenvalue weighted by Crippen LogP contribution is 2.12. The molecule has 0 fully saturated rings. The first-order valence-electron chi connectivity index (χ1n) is 21.8. The molecule has 0 aliphatic carbocycles. The van der Waals surface area contributed by atoms with E-state index in [1.54, 1.807) is 58.0 Å². The summed E-state index contributed by atoms with van der Waals surface area (Å²) in [5, 5.41) is 37.6. The lowest BCUT2D eigenvalue weighted by atomic mass is 9.99. The fourth-order valence-corrected chi connectivity index (χ4v) is 6.48. The van der Waals surface area contributed by atoms with Crippen LogP contribution in [-0.4, -0.2) is 138 Å². The Bertz CT molecular complexity index is 1800. The minimum atomic E-state index is -1.65. The Kier molecular flexibility index (Phi) is 26.8. The summed E-state index contributed by atoms with van der Waals surface area (Å²) in [5.74, 6) is -8.82. The number of benzene rings is 1. The zero-order chi connectivity index (χ0) is 49.9. The fourth-order valence-electron chi connectivity index (χ4n) is 6.48. The molecule has 0 aromatic heterocycles. The quantitative estimate of drug-likeness (QED) is 0.0185. The van der Waals surface area contributed by atoms with Crippen LogP contribution >= 0.6 is 0 Å². The van der Waals surface area contributed by atoms with Gasteiger partial charge in [0, 0.05) is 13.0 Å². The first kappa shape index (κ1) is 57.6. The Balaban J connectivity index is 3.36. The van der Waals surface area contributed by atoms with Crippen molar-refractivity contribution in [1.29, 1.82) is 0 Å². The number of hydrogen-bond acceptors (Lipinski definition) is 13. The largest absolute Gasteiger partial charge is 0.480 e. The number of carboxylic acids is 1. The molecule has 19 N–H and O–H groups in total. The van der Waals surface area contributed by atoms with Crippen LogP contribution in [0.15, 0.2) is 35.3 Å². The van der Waals surface area contributed by atoms with Crippen molar-refractivity contribution in [2.24, 2.45) is 45.5 Å². The van der Waals surface area contributed by atoms with E-state index in [9.17, 15) is 53.4 Å². The van der Waals surface area contributed by atoms with E-state index in [1.165, 1.54) is 0 Å². The fraction of sp³-hybridized carbons (Fsp3) is 0.619. The van der Waals surface area contributed by atoms with E-state index in [-0.39, 0.29) is 69.4 Å². The molecule has 0 aliphatic heterocycles. The molecule has 0 saturated heterocycles. The zero-order valence-corrected chi connectivity index (χ0v) is 38.2. The van der Waals surface area contributed by atoms with E-state index < -0.39 is 115 Å². The summed E-state index contributed by atoms with van der Waals surface area (Å²) >= 11 is 0. The van der Waals surface area contributed by atoms with Gasteiger partial charge in [0.25, 0.3) is 0 Å². The number of aliphatic carboxylic acids is 1. The third-order valence-electron chi connectivity index (χ3n) is 9.79. The lowest BCUT2D eigenvalue weighted by Crippen LogP contribution is -2.61. The maximum absolute atomic E-state index is 14.0. The van der Waals surface area contributed by atoms with Crippen LogP contribution in [0.25, 0.3) is 0 Å². The second-order valence-corrected chi connectivity index (χ2v) is 16.6. The summed E-state index contributed by atoms with van der Waals surface area (Å²) in [6.45, 7) is 5.98. The number of aliphatic hydroxyl groups excluding tert-OH is 1. The molecule has 0 radical (unpaired) electrons. The van der Waals surface area contributed by atoms with Crippen molar-refractivity contribution in [2.75, 3.05) is 26.2 Å². The summed E-state index contributed by atoms with van der Waals surface area (Å²) in [7, 11) is 0. The monoisotopic (exact) mass is 934 g/mol. The van der Waals surface area contributed by atoms with Crippen LogP contribution in [-0.2, 0) is 49.6 Å². The van der Waals surface area contributed by atoms with Crippen molar-refractivity contribution in [2.45, 2.75) is 128 Å². The molecule has 1 rings (SSSR count). The third kappa shape index (κ3) is 23.0. The van der Waals surface area contributed by atoms with Gasteiger partial charge in [0.2, 0.25) is 47.3 Å². The average Bonchev–Trinajstić information content (AvgIpc) is 3.24. The molecule has 370 valence electrons. The van der Waals surface area contributed by atoms with Crippen LogP contribution < -0.4 is 65.9 Å². The minimum absolute atomic E-state index is 0.00821. The van der Waals surface area contributed by atoms with Crippen LogP contribution in [0.2, 0.25) is 0 Å². The predicted molar refractivity (Wildman–Crippen MR) is 243 cm³/mol. The van der Waals surface area contributed by atoms with Gasteiger partial charge in [-0.2, -0.15) is 0 Å². The normalized spacial score (nSPS) is 14.2. The number of carboxylic acid groups (broad SMARTS) is 1. The minimum Gasteiger partial charge on any atom is -0.480 e. The Morgan fingerprint density at radius 3 is 1.52 bits per heavy atom.